The number of amides is 1. The Morgan fingerprint density at radius 3 is 2.71 bits per heavy atom. The summed E-state index contributed by atoms with van der Waals surface area (Å²) in [7, 11) is 0. The van der Waals surface area contributed by atoms with Gasteiger partial charge in [-0.3, -0.25) is 4.79 Å². The first kappa shape index (κ1) is 15.2. The molecule has 2 heterocycles. The molecule has 1 fully saturated rings. The van der Waals surface area contributed by atoms with Crippen LogP contribution in [0.15, 0.2) is 24.3 Å². The van der Waals surface area contributed by atoms with E-state index in [9.17, 15) is 9.18 Å². The van der Waals surface area contributed by atoms with E-state index < -0.39 is 5.82 Å². The lowest BCUT2D eigenvalue weighted by Crippen LogP contribution is -2.12. The number of nitrogens with zero attached hydrogens (tertiary/aromatic N) is 2. The first-order chi connectivity index (χ1) is 11.5. The van der Waals surface area contributed by atoms with E-state index in [1.54, 1.807) is 18.2 Å². The number of halogens is 1. The number of benzene rings is 1. The number of aryl methyl sites for hydroxylation is 2. The number of aromatic nitrogens is 2. The van der Waals surface area contributed by atoms with Crippen molar-refractivity contribution < 1.29 is 9.18 Å². The van der Waals surface area contributed by atoms with Gasteiger partial charge in [-0.15, -0.1) is 11.3 Å². The Kier molecular flexibility index (Phi) is 3.57. The molecule has 0 unspecified atom stereocenters. The maximum absolute atomic E-state index is 13.7. The second-order valence-corrected chi connectivity index (χ2v) is 7.11. The second kappa shape index (κ2) is 5.63. The Bertz CT molecular complexity index is 962. The molecular formula is C18H16FN3OS. The molecule has 0 saturated heterocycles. The average Bonchev–Trinajstić information content (AvgIpc) is 3.34. The van der Waals surface area contributed by atoms with Gasteiger partial charge in [-0.2, -0.15) is 0 Å². The number of hydrogen-bond acceptors (Lipinski definition) is 4. The first-order valence-corrected chi connectivity index (χ1v) is 8.69. The normalized spacial score (nSPS) is 14.1. The van der Waals surface area contributed by atoms with Crippen molar-refractivity contribution in [3.63, 3.8) is 0 Å². The van der Waals surface area contributed by atoms with E-state index in [0.717, 1.165) is 40.1 Å². The molecule has 0 spiro atoms. The topological polar surface area (TPSA) is 54.9 Å². The maximum atomic E-state index is 13.7. The van der Waals surface area contributed by atoms with Gasteiger partial charge in [0.05, 0.1) is 16.3 Å². The number of nitrogens with one attached hydrogen (secondary N) is 1. The zero-order valence-electron chi connectivity index (χ0n) is 13.4. The van der Waals surface area contributed by atoms with Crippen LogP contribution in [0.4, 0.5) is 10.1 Å². The van der Waals surface area contributed by atoms with Gasteiger partial charge in [0.25, 0.3) is 5.91 Å². The number of rotatable bonds is 3. The zero-order valence-corrected chi connectivity index (χ0v) is 14.2. The fourth-order valence-electron chi connectivity index (χ4n) is 2.84. The summed E-state index contributed by atoms with van der Waals surface area (Å²) in [6.07, 6.45) is 2.27. The summed E-state index contributed by atoms with van der Waals surface area (Å²) in [5, 5.41) is 3.58. The standard InChI is InChI=1S/C18H16FN3OS/c1-9-14-10(2)20-16(11-7-8-11)22-18(14)24-15(9)17(23)21-13-6-4-3-5-12(13)19/h3-6,11H,7-8H2,1-2H3,(H,21,23). The number of hydrogen-bond donors (Lipinski definition) is 1. The third-order valence-corrected chi connectivity index (χ3v) is 5.44. The Balaban J connectivity index is 1.73. The molecule has 3 aromatic rings. The molecule has 6 heteroatoms. The van der Waals surface area contributed by atoms with Crippen LogP contribution in [-0.4, -0.2) is 15.9 Å². The number of anilines is 1. The Hall–Kier alpha value is -2.34. The lowest BCUT2D eigenvalue weighted by molar-refractivity contribution is 0.102. The molecule has 24 heavy (non-hydrogen) atoms. The van der Waals surface area contributed by atoms with E-state index in [-0.39, 0.29) is 11.6 Å². The summed E-state index contributed by atoms with van der Waals surface area (Å²) >= 11 is 1.35. The van der Waals surface area contributed by atoms with Gasteiger partial charge in [0.15, 0.2) is 0 Å². The predicted octanol–water partition coefficient (Wildman–Crippen LogP) is 4.58. The second-order valence-electron chi connectivity index (χ2n) is 6.11. The zero-order chi connectivity index (χ0) is 16.8. The van der Waals surface area contributed by atoms with Crippen molar-refractivity contribution in [2.45, 2.75) is 32.6 Å². The van der Waals surface area contributed by atoms with Gasteiger partial charge in [-0.25, -0.2) is 14.4 Å². The van der Waals surface area contributed by atoms with Crippen molar-refractivity contribution in [2.24, 2.45) is 0 Å². The van der Waals surface area contributed by atoms with Crippen LogP contribution in [0.1, 0.15) is 45.5 Å². The Labute approximate surface area is 142 Å². The highest BCUT2D eigenvalue weighted by Crippen LogP contribution is 2.40. The predicted molar refractivity (Wildman–Crippen MR) is 93.2 cm³/mol. The van der Waals surface area contributed by atoms with Gasteiger partial charge >= 0.3 is 0 Å². The van der Waals surface area contributed by atoms with E-state index in [4.69, 9.17) is 0 Å². The van der Waals surface area contributed by atoms with Gasteiger partial charge in [0.2, 0.25) is 0 Å². The molecule has 1 aromatic carbocycles. The molecule has 4 nitrogen and oxygen atoms in total. The van der Waals surface area contributed by atoms with E-state index >= 15 is 0 Å². The maximum Gasteiger partial charge on any atom is 0.266 e. The molecule has 1 aliphatic rings. The first-order valence-electron chi connectivity index (χ1n) is 7.88. The van der Waals surface area contributed by atoms with Gasteiger partial charge < -0.3 is 5.32 Å². The molecule has 0 bridgehead atoms. The largest absolute Gasteiger partial charge is 0.319 e. The molecule has 1 aliphatic carbocycles. The van der Waals surface area contributed by atoms with Crippen LogP contribution in [-0.2, 0) is 0 Å². The van der Waals surface area contributed by atoms with E-state index in [1.165, 1.54) is 17.4 Å². The molecule has 1 N–H and O–H groups in total. The third kappa shape index (κ3) is 2.57. The number of carbonyl (C=O) groups is 1. The highest BCUT2D eigenvalue weighted by molar-refractivity contribution is 7.20. The quantitative estimate of drug-likeness (QED) is 0.759. The van der Waals surface area contributed by atoms with Crippen LogP contribution in [0.5, 0.6) is 0 Å². The molecule has 0 radical (unpaired) electrons. The number of carbonyl (C=O) groups excluding carboxylic acids is 1. The van der Waals surface area contributed by atoms with Gasteiger partial charge in [0.1, 0.15) is 16.5 Å². The minimum Gasteiger partial charge on any atom is -0.319 e. The highest BCUT2D eigenvalue weighted by atomic mass is 32.1. The monoisotopic (exact) mass is 341 g/mol. The summed E-state index contributed by atoms with van der Waals surface area (Å²) in [6, 6.07) is 6.15. The van der Waals surface area contributed by atoms with Gasteiger partial charge in [-0.05, 0) is 44.4 Å². The third-order valence-electron chi connectivity index (χ3n) is 4.26. The number of thiophene rings is 1. The van der Waals surface area contributed by atoms with Gasteiger partial charge in [0, 0.05) is 11.3 Å². The Morgan fingerprint density at radius 1 is 1.25 bits per heavy atom. The van der Waals surface area contributed by atoms with Crippen molar-refractivity contribution in [2.75, 3.05) is 5.32 Å². The molecule has 4 rings (SSSR count). The van der Waals surface area contributed by atoms with Crippen molar-refractivity contribution in [1.29, 1.82) is 0 Å². The lowest BCUT2D eigenvalue weighted by Gasteiger charge is -2.05. The van der Waals surface area contributed by atoms with Crippen molar-refractivity contribution in [3.05, 3.63) is 52.0 Å². The fourth-order valence-corrected chi connectivity index (χ4v) is 3.98. The smallest absolute Gasteiger partial charge is 0.266 e. The van der Waals surface area contributed by atoms with Crippen molar-refractivity contribution in [1.82, 2.24) is 9.97 Å². The summed E-state index contributed by atoms with van der Waals surface area (Å²) < 4.78 is 13.7. The summed E-state index contributed by atoms with van der Waals surface area (Å²) in [5.74, 6) is 0.582. The van der Waals surface area contributed by atoms with Crippen LogP contribution in [0.2, 0.25) is 0 Å². The van der Waals surface area contributed by atoms with E-state index in [0.29, 0.717) is 10.8 Å². The van der Waals surface area contributed by atoms with Crippen LogP contribution in [0.3, 0.4) is 0 Å². The minimum absolute atomic E-state index is 0.181. The van der Waals surface area contributed by atoms with Gasteiger partial charge in [-0.1, -0.05) is 12.1 Å². The minimum atomic E-state index is -0.448. The molecule has 122 valence electrons. The SMILES string of the molecule is Cc1nc(C2CC2)nc2sc(C(=O)Nc3ccccc3F)c(C)c12. The fraction of sp³-hybridized carbons (Fsp3) is 0.278. The summed E-state index contributed by atoms with van der Waals surface area (Å²) in [6.45, 7) is 3.84. The molecule has 1 saturated carbocycles. The van der Waals surface area contributed by atoms with Crippen molar-refractivity contribution >= 4 is 33.1 Å². The number of fused-ring (bicyclic) bond motifs is 1. The lowest BCUT2D eigenvalue weighted by atomic mass is 10.1. The van der Waals surface area contributed by atoms with E-state index in [1.807, 2.05) is 13.8 Å². The molecule has 2 aromatic heterocycles. The van der Waals surface area contributed by atoms with Crippen LogP contribution in [0.25, 0.3) is 10.2 Å². The summed E-state index contributed by atoms with van der Waals surface area (Å²) in [5.41, 5.74) is 1.94. The molecular weight excluding hydrogens is 325 g/mol. The number of para-hydroxylation sites is 1. The van der Waals surface area contributed by atoms with Crippen LogP contribution < -0.4 is 5.32 Å². The average molecular weight is 341 g/mol. The highest BCUT2D eigenvalue weighted by Gasteiger charge is 2.28. The Morgan fingerprint density at radius 2 is 2.00 bits per heavy atom. The van der Waals surface area contributed by atoms with E-state index in [2.05, 4.69) is 15.3 Å². The van der Waals surface area contributed by atoms with Crippen LogP contribution >= 0.6 is 11.3 Å². The molecule has 0 atom stereocenters. The van der Waals surface area contributed by atoms with Crippen molar-refractivity contribution in [3.8, 4) is 0 Å². The summed E-state index contributed by atoms with van der Waals surface area (Å²) in [4.78, 5) is 23.2. The molecule has 1 amide bonds. The molecule has 0 aliphatic heterocycles. The van der Waals surface area contributed by atoms with Crippen LogP contribution in [0, 0.1) is 19.7 Å².